The van der Waals surface area contributed by atoms with Crippen LogP contribution in [0.2, 0.25) is 0 Å². The number of hydrazone groups is 1. The van der Waals surface area contributed by atoms with Crippen LogP contribution in [0.25, 0.3) is 0 Å². The molecule has 1 aromatic rings. The zero-order valence-electron chi connectivity index (χ0n) is 14.0. The second-order valence-corrected chi connectivity index (χ2v) is 5.13. The monoisotopic (exact) mass is 319 g/mol. The minimum absolute atomic E-state index is 0.366. The van der Waals surface area contributed by atoms with Crippen molar-refractivity contribution in [1.82, 2.24) is 10.3 Å². The van der Waals surface area contributed by atoms with E-state index in [0.29, 0.717) is 25.5 Å². The molecule has 0 bridgehead atoms. The number of likely N-dealkylation sites (N-methyl/N-ethyl adjacent to an activating group) is 1. The number of hydrogen-bond donors (Lipinski definition) is 1. The topological polar surface area (TPSA) is 71.0 Å². The van der Waals surface area contributed by atoms with E-state index in [4.69, 9.17) is 4.74 Å². The van der Waals surface area contributed by atoms with Crippen LogP contribution in [0.15, 0.2) is 35.4 Å². The van der Waals surface area contributed by atoms with Gasteiger partial charge in [0.15, 0.2) is 0 Å². The summed E-state index contributed by atoms with van der Waals surface area (Å²) in [6.07, 6.45) is 2.55. The van der Waals surface area contributed by atoms with Gasteiger partial charge < -0.3 is 9.64 Å². The number of carbonyl (C=O) groups is 2. The fourth-order valence-electron chi connectivity index (χ4n) is 1.92. The average molecular weight is 319 g/mol. The molecule has 1 rings (SSSR count). The minimum atomic E-state index is -0.767. The summed E-state index contributed by atoms with van der Waals surface area (Å²) in [5, 5.41) is 3.91. The van der Waals surface area contributed by atoms with Crippen molar-refractivity contribution in [2.45, 2.75) is 39.7 Å². The van der Waals surface area contributed by atoms with Crippen LogP contribution in [0.4, 0.5) is 0 Å². The summed E-state index contributed by atoms with van der Waals surface area (Å²) in [6.45, 7) is 4.75. The number of ether oxygens (including phenoxy) is 1. The van der Waals surface area contributed by atoms with Gasteiger partial charge in [0.05, 0.1) is 6.61 Å². The molecule has 6 nitrogen and oxygen atoms in total. The van der Waals surface area contributed by atoms with E-state index < -0.39 is 11.8 Å². The molecule has 0 saturated carbocycles. The van der Waals surface area contributed by atoms with Crippen LogP contribution in [0, 0.1) is 0 Å². The summed E-state index contributed by atoms with van der Waals surface area (Å²) < 4.78 is 5.34. The molecule has 126 valence electrons. The van der Waals surface area contributed by atoms with Gasteiger partial charge in [-0.2, -0.15) is 0 Å². The fraction of sp³-hybridized carbons (Fsp3) is 0.471. The second-order valence-electron chi connectivity index (χ2n) is 5.13. The van der Waals surface area contributed by atoms with E-state index in [1.54, 1.807) is 7.05 Å². The third kappa shape index (κ3) is 6.95. The molecule has 0 fully saturated rings. The Hall–Kier alpha value is -2.37. The van der Waals surface area contributed by atoms with Crippen LogP contribution < -0.4 is 5.43 Å². The van der Waals surface area contributed by atoms with Crippen molar-refractivity contribution in [1.29, 1.82) is 0 Å². The third-order valence-corrected chi connectivity index (χ3v) is 3.14. The molecule has 0 unspecified atom stereocenters. The highest BCUT2D eigenvalue weighted by molar-refractivity contribution is 6.34. The van der Waals surface area contributed by atoms with Gasteiger partial charge in [-0.05, 0) is 18.9 Å². The van der Waals surface area contributed by atoms with E-state index in [2.05, 4.69) is 17.5 Å². The van der Waals surface area contributed by atoms with Gasteiger partial charge in [-0.25, -0.2) is 5.43 Å². The van der Waals surface area contributed by atoms with Crippen LogP contribution in [0.3, 0.4) is 0 Å². The molecular formula is C17H25N3O3. The normalized spacial score (nSPS) is 11.0. The Bertz CT molecular complexity index is 529. The van der Waals surface area contributed by atoms with Gasteiger partial charge >= 0.3 is 11.8 Å². The van der Waals surface area contributed by atoms with Gasteiger partial charge in [-0.1, -0.05) is 43.7 Å². The molecule has 0 atom stereocenters. The molecule has 0 aliphatic heterocycles. The van der Waals surface area contributed by atoms with Crippen LogP contribution in [-0.2, 0) is 20.9 Å². The number of amides is 2. The Morgan fingerprint density at radius 2 is 1.91 bits per heavy atom. The molecule has 0 aliphatic carbocycles. The number of nitrogens with one attached hydrogen (secondary N) is 1. The first-order valence-corrected chi connectivity index (χ1v) is 7.87. The number of benzene rings is 1. The highest BCUT2D eigenvalue weighted by Crippen LogP contribution is 2.03. The molecule has 1 N–H and O–H groups in total. The molecule has 23 heavy (non-hydrogen) atoms. The van der Waals surface area contributed by atoms with E-state index in [1.165, 1.54) is 4.90 Å². The first kappa shape index (κ1) is 18.7. The van der Waals surface area contributed by atoms with E-state index in [0.717, 1.165) is 18.4 Å². The van der Waals surface area contributed by atoms with Gasteiger partial charge in [-0.3, -0.25) is 9.59 Å². The SMILES string of the molecule is CCCC/C(=N/NC(=O)C(=O)N(C)Cc1ccccc1)OCC. The van der Waals surface area contributed by atoms with Gasteiger partial charge in [0.2, 0.25) is 5.90 Å². The molecule has 0 aliphatic rings. The highest BCUT2D eigenvalue weighted by Gasteiger charge is 2.18. The molecule has 1 aromatic carbocycles. The van der Waals surface area contributed by atoms with Crippen LogP contribution in [-0.4, -0.2) is 36.3 Å². The summed E-state index contributed by atoms with van der Waals surface area (Å²) in [5.41, 5.74) is 3.23. The Morgan fingerprint density at radius 3 is 2.52 bits per heavy atom. The molecule has 2 amide bonds. The first-order chi connectivity index (χ1) is 11.1. The maximum Gasteiger partial charge on any atom is 0.329 e. The minimum Gasteiger partial charge on any atom is -0.480 e. The zero-order valence-corrected chi connectivity index (χ0v) is 14.0. The summed E-state index contributed by atoms with van der Waals surface area (Å²) in [6, 6.07) is 9.48. The molecular weight excluding hydrogens is 294 g/mol. The molecule has 6 heteroatoms. The molecule has 0 heterocycles. The summed E-state index contributed by atoms with van der Waals surface area (Å²) in [4.78, 5) is 25.3. The number of rotatable bonds is 7. The number of carbonyl (C=O) groups excluding carboxylic acids is 2. The number of nitrogens with zero attached hydrogens (tertiary/aromatic N) is 2. The Morgan fingerprint density at radius 1 is 1.22 bits per heavy atom. The van der Waals surface area contributed by atoms with E-state index in [9.17, 15) is 9.59 Å². The predicted octanol–water partition coefficient (Wildman–Crippen LogP) is 2.30. The lowest BCUT2D eigenvalue weighted by atomic mass is 10.2. The van der Waals surface area contributed by atoms with Crippen molar-refractivity contribution in [3.8, 4) is 0 Å². The van der Waals surface area contributed by atoms with E-state index >= 15 is 0 Å². The molecule has 0 aromatic heterocycles. The summed E-state index contributed by atoms with van der Waals surface area (Å²) in [7, 11) is 1.58. The number of hydrogen-bond acceptors (Lipinski definition) is 4. The van der Waals surface area contributed by atoms with Crippen LogP contribution in [0.1, 0.15) is 38.7 Å². The van der Waals surface area contributed by atoms with Crippen molar-refractivity contribution in [2.75, 3.05) is 13.7 Å². The Balaban J connectivity index is 2.56. The fourth-order valence-corrected chi connectivity index (χ4v) is 1.92. The summed E-state index contributed by atoms with van der Waals surface area (Å²) >= 11 is 0. The van der Waals surface area contributed by atoms with Gasteiger partial charge in [-0.15, -0.1) is 5.10 Å². The Labute approximate surface area is 137 Å². The van der Waals surface area contributed by atoms with E-state index in [1.807, 2.05) is 37.3 Å². The van der Waals surface area contributed by atoms with Crippen molar-refractivity contribution < 1.29 is 14.3 Å². The van der Waals surface area contributed by atoms with Crippen molar-refractivity contribution in [2.24, 2.45) is 5.10 Å². The van der Waals surface area contributed by atoms with E-state index in [-0.39, 0.29) is 0 Å². The predicted molar refractivity (Wildman–Crippen MR) is 89.6 cm³/mol. The highest BCUT2D eigenvalue weighted by atomic mass is 16.5. The lowest BCUT2D eigenvalue weighted by Crippen LogP contribution is -2.39. The largest absolute Gasteiger partial charge is 0.480 e. The average Bonchev–Trinajstić information content (AvgIpc) is 2.57. The molecule has 0 radical (unpaired) electrons. The third-order valence-electron chi connectivity index (χ3n) is 3.14. The van der Waals surface area contributed by atoms with Crippen molar-refractivity contribution >= 4 is 17.7 Å². The zero-order chi connectivity index (χ0) is 17.1. The quantitative estimate of drug-likeness (QED) is 0.363. The van der Waals surface area contributed by atoms with Gasteiger partial charge in [0.1, 0.15) is 0 Å². The smallest absolute Gasteiger partial charge is 0.329 e. The van der Waals surface area contributed by atoms with Crippen LogP contribution >= 0.6 is 0 Å². The first-order valence-electron chi connectivity index (χ1n) is 7.87. The van der Waals surface area contributed by atoms with Crippen molar-refractivity contribution in [3.63, 3.8) is 0 Å². The standard InChI is InChI=1S/C17H25N3O3/c1-4-6-12-15(23-5-2)18-19-16(21)17(22)20(3)13-14-10-8-7-9-11-14/h7-11H,4-6,12-13H2,1-3H3,(H,19,21)/b18-15-. The second kappa shape index (κ2) is 10.4. The lowest BCUT2D eigenvalue weighted by molar-refractivity contribution is -0.145. The maximum atomic E-state index is 12.0. The Kier molecular flexibility index (Phi) is 8.42. The van der Waals surface area contributed by atoms with Crippen LogP contribution in [0.5, 0.6) is 0 Å². The maximum absolute atomic E-state index is 12.0. The van der Waals surface area contributed by atoms with Gasteiger partial charge in [0.25, 0.3) is 0 Å². The lowest BCUT2D eigenvalue weighted by Gasteiger charge is -2.16. The van der Waals surface area contributed by atoms with Gasteiger partial charge in [0, 0.05) is 20.0 Å². The molecule has 0 spiro atoms. The van der Waals surface area contributed by atoms with Crippen molar-refractivity contribution in [3.05, 3.63) is 35.9 Å². The number of unbranched alkanes of at least 4 members (excludes halogenated alkanes) is 1. The summed E-state index contributed by atoms with van der Waals surface area (Å²) in [5.74, 6) is -0.956. The molecule has 0 saturated heterocycles.